The van der Waals surface area contributed by atoms with E-state index in [0.717, 1.165) is 0 Å². The number of halogens is 1. The molecule has 4 nitrogen and oxygen atoms in total. The third-order valence-electron chi connectivity index (χ3n) is 2.04. The largest absolute Gasteiger partial charge is 0.444 e. The number of carbonyl (C=O) groups is 1. The minimum Gasteiger partial charge on any atom is -0.444 e. The number of nitrogens with one attached hydrogen (secondary N) is 1. The third kappa shape index (κ3) is 5.65. The van der Waals surface area contributed by atoms with Gasteiger partial charge in [-0.3, -0.25) is 0 Å². The number of nitriles is 1. The molecule has 5 heteroatoms. The molecule has 0 radical (unpaired) electrons. The van der Waals surface area contributed by atoms with Crippen LogP contribution in [0.3, 0.4) is 0 Å². The molecule has 1 rings (SSSR count). The minimum atomic E-state index is -0.530. The van der Waals surface area contributed by atoms with Crippen LogP contribution >= 0.6 is 11.6 Å². The molecule has 0 atom stereocenters. The van der Waals surface area contributed by atoms with E-state index < -0.39 is 11.7 Å². The topological polar surface area (TPSA) is 62.1 Å². The highest BCUT2D eigenvalue weighted by molar-refractivity contribution is 6.31. The van der Waals surface area contributed by atoms with Crippen LogP contribution in [-0.4, -0.2) is 18.2 Å². The van der Waals surface area contributed by atoms with Gasteiger partial charge in [0.2, 0.25) is 0 Å². The molecule has 1 amide bonds. The molecular formula is C15H15ClN2O2. The van der Waals surface area contributed by atoms with Crippen molar-refractivity contribution in [2.45, 2.75) is 26.4 Å². The number of hydrogen-bond donors (Lipinski definition) is 1. The molecule has 0 aliphatic heterocycles. The average Bonchev–Trinajstić information content (AvgIpc) is 2.33. The van der Waals surface area contributed by atoms with E-state index in [1.165, 1.54) is 0 Å². The van der Waals surface area contributed by atoms with E-state index in [1.807, 2.05) is 6.07 Å². The van der Waals surface area contributed by atoms with Gasteiger partial charge in [-0.25, -0.2) is 4.79 Å². The molecule has 0 fully saturated rings. The number of benzene rings is 1. The van der Waals surface area contributed by atoms with Gasteiger partial charge in [0.05, 0.1) is 17.1 Å². The Labute approximate surface area is 123 Å². The zero-order valence-electron chi connectivity index (χ0n) is 11.6. The van der Waals surface area contributed by atoms with E-state index in [0.29, 0.717) is 16.1 Å². The Balaban J connectivity index is 2.54. The first-order valence-electron chi connectivity index (χ1n) is 5.97. The van der Waals surface area contributed by atoms with Crippen molar-refractivity contribution < 1.29 is 9.53 Å². The standard InChI is InChI=1S/C15H15ClN2O2/c1-15(2,3)20-14(19)18-8-4-5-11-6-7-12(10-17)13(16)9-11/h6-7,9H,8H2,1-3H3,(H,18,19). The predicted molar refractivity (Wildman–Crippen MR) is 77.3 cm³/mol. The monoisotopic (exact) mass is 290 g/mol. The van der Waals surface area contributed by atoms with Gasteiger partial charge in [0, 0.05) is 5.56 Å². The molecule has 0 heterocycles. The van der Waals surface area contributed by atoms with E-state index in [2.05, 4.69) is 17.2 Å². The van der Waals surface area contributed by atoms with Crippen LogP contribution in [0.4, 0.5) is 4.79 Å². The summed E-state index contributed by atoms with van der Waals surface area (Å²) in [5, 5.41) is 11.6. The Morgan fingerprint density at radius 2 is 2.15 bits per heavy atom. The summed E-state index contributed by atoms with van der Waals surface area (Å²) in [5.74, 6) is 5.62. The first-order chi connectivity index (χ1) is 9.31. The van der Waals surface area contributed by atoms with Gasteiger partial charge in [-0.2, -0.15) is 5.26 Å². The molecule has 20 heavy (non-hydrogen) atoms. The number of alkyl carbamates (subject to hydrolysis) is 1. The van der Waals surface area contributed by atoms with Crippen LogP contribution in [0.2, 0.25) is 5.02 Å². The lowest BCUT2D eigenvalue weighted by molar-refractivity contribution is 0.0535. The normalized spacial score (nSPS) is 9.95. The van der Waals surface area contributed by atoms with Crippen molar-refractivity contribution in [2.24, 2.45) is 0 Å². The van der Waals surface area contributed by atoms with Crippen LogP contribution in [0.1, 0.15) is 31.9 Å². The van der Waals surface area contributed by atoms with Crippen LogP contribution in [0, 0.1) is 23.2 Å². The highest BCUT2D eigenvalue weighted by Gasteiger charge is 2.14. The van der Waals surface area contributed by atoms with Crippen LogP contribution < -0.4 is 5.32 Å². The number of hydrogen-bond acceptors (Lipinski definition) is 3. The molecule has 104 valence electrons. The predicted octanol–water partition coefficient (Wildman–Crippen LogP) is 3.09. The second-order valence-corrected chi connectivity index (χ2v) is 5.37. The SMILES string of the molecule is CC(C)(C)OC(=O)NCC#Cc1ccc(C#N)c(Cl)c1. The summed E-state index contributed by atoms with van der Waals surface area (Å²) in [6.45, 7) is 5.54. The van der Waals surface area contributed by atoms with Crippen molar-refractivity contribution in [3.63, 3.8) is 0 Å². The second kappa shape index (κ2) is 6.84. The molecule has 1 aromatic carbocycles. The summed E-state index contributed by atoms with van der Waals surface area (Å²) in [4.78, 5) is 11.3. The number of carbonyl (C=O) groups excluding carboxylic acids is 1. The molecular weight excluding hydrogens is 276 g/mol. The average molecular weight is 291 g/mol. The summed E-state index contributed by atoms with van der Waals surface area (Å²) < 4.78 is 5.06. The van der Waals surface area contributed by atoms with Crippen molar-refractivity contribution in [1.29, 1.82) is 5.26 Å². The maximum absolute atomic E-state index is 11.3. The fraction of sp³-hybridized carbons (Fsp3) is 0.333. The number of nitrogens with zero attached hydrogens (tertiary/aromatic N) is 1. The van der Waals surface area contributed by atoms with Gasteiger partial charge < -0.3 is 10.1 Å². The summed E-state index contributed by atoms with van der Waals surface area (Å²) in [6, 6.07) is 6.89. The number of amides is 1. The quantitative estimate of drug-likeness (QED) is 0.809. The van der Waals surface area contributed by atoms with Gasteiger partial charge >= 0.3 is 6.09 Å². The van der Waals surface area contributed by atoms with E-state index in [9.17, 15) is 4.79 Å². The molecule has 0 aliphatic rings. The second-order valence-electron chi connectivity index (χ2n) is 4.96. The molecule has 0 aromatic heterocycles. The summed E-state index contributed by atoms with van der Waals surface area (Å²) in [5.41, 5.74) is 0.558. The molecule has 0 aliphatic carbocycles. The van der Waals surface area contributed by atoms with Gasteiger partial charge in [-0.05, 0) is 39.0 Å². The zero-order valence-corrected chi connectivity index (χ0v) is 12.3. The van der Waals surface area contributed by atoms with Crippen molar-refractivity contribution in [3.8, 4) is 17.9 Å². The fourth-order valence-corrected chi connectivity index (χ4v) is 1.48. The van der Waals surface area contributed by atoms with Crippen LogP contribution in [0.25, 0.3) is 0 Å². The van der Waals surface area contributed by atoms with Crippen LogP contribution in [-0.2, 0) is 4.74 Å². The number of ether oxygens (including phenoxy) is 1. The highest BCUT2D eigenvalue weighted by Crippen LogP contribution is 2.16. The Bertz CT molecular complexity index is 601. The zero-order chi connectivity index (χ0) is 15.2. The smallest absolute Gasteiger partial charge is 0.408 e. The first-order valence-corrected chi connectivity index (χ1v) is 6.35. The van der Waals surface area contributed by atoms with Gasteiger partial charge in [0.15, 0.2) is 0 Å². The van der Waals surface area contributed by atoms with E-state index >= 15 is 0 Å². The Morgan fingerprint density at radius 3 is 2.70 bits per heavy atom. The highest BCUT2D eigenvalue weighted by atomic mass is 35.5. The summed E-state index contributed by atoms with van der Waals surface area (Å²) >= 11 is 5.89. The van der Waals surface area contributed by atoms with E-state index in [-0.39, 0.29) is 6.54 Å². The number of rotatable bonds is 1. The van der Waals surface area contributed by atoms with Crippen molar-refractivity contribution in [2.75, 3.05) is 6.54 Å². The lowest BCUT2D eigenvalue weighted by Crippen LogP contribution is -2.32. The van der Waals surface area contributed by atoms with Crippen molar-refractivity contribution >= 4 is 17.7 Å². The van der Waals surface area contributed by atoms with Gasteiger partial charge in [0.25, 0.3) is 0 Å². The van der Waals surface area contributed by atoms with Crippen molar-refractivity contribution in [3.05, 3.63) is 34.3 Å². The molecule has 0 unspecified atom stereocenters. The fourth-order valence-electron chi connectivity index (χ4n) is 1.26. The lowest BCUT2D eigenvalue weighted by Gasteiger charge is -2.18. The van der Waals surface area contributed by atoms with Crippen molar-refractivity contribution in [1.82, 2.24) is 5.32 Å². The lowest BCUT2D eigenvalue weighted by atomic mass is 10.1. The maximum atomic E-state index is 11.3. The van der Waals surface area contributed by atoms with Crippen LogP contribution in [0.5, 0.6) is 0 Å². The van der Waals surface area contributed by atoms with E-state index in [4.69, 9.17) is 21.6 Å². The molecule has 0 saturated heterocycles. The maximum Gasteiger partial charge on any atom is 0.408 e. The third-order valence-corrected chi connectivity index (χ3v) is 2.35. The molecule has 0 saturated carbocycles. The van der Waals surface area contributed by atoms with Gasteiger partial charge in [-0.1, -0.05) is 23.4 Å². The summed E-state index contributed by atoms with van der Waals surface area (Å²) in [7, 11) is 0. The Morgan fingerprint density at radius 1 is 1.45 bits per heavy atom. The van der Waals surface area contributed by atoms with E-state index in [1.54, 1.807) is 39.0 Å². The summed E-state index contributed by atoms with van der Waals surface area (Å²) in [6.07, 6.45) is -0.510. The molecule has 0 bridgehead atoms. The molecule has 0 spiro atoms. The Hall–Kier alpha value is -2.17. The Kier molecular flexibility index (Phi) is 5.43. The molecule has 1 N–H and O–H groups in total. The minimum absolute atomic E-state index is 0.173. The van der Waals surface area contributed by atoms with Crippen LogP contribution in [0.15, 0.2) is 18.2 Å². The van der Waals surface area contributed by atoms with Gasteiger partial charge in [0.1, 0.15) is 11.7 Å². The molecule has 1 aromatic rings. The first kappa shape index (κ1) is 15.9. The van der Waals surface area contributed by atoms with Gasteiger partial charge in [-0.15, -0.1) is 0 Å².